The predicted octanol–water partition coefficient (Wildman–Crippen LogP) is 3.02. The molecule has 0 saturated heterocycles. The van der Waals surface area contributed by atoms with Crippen LogP contribution in [0, 0.1) is 16.5 Å². The first-order chi connectivity index (χ1) is 5.16. The first kappa shape index (κ1) is 8.07. The number of rotatable bonds is 1. The van der Waals surface area contributed by atoms with Crippen LogP contribution in [0.15, 0.2) is 17.3 Å². The van der Waals surface area contributed by atoms with E-state index in [9.17, 15) is 13.7 Å². The van der Waals surface area contributed by atoms with Crippen molar-refractivity contribution >= 4 is 17.3 Å². The van der Waals surface area contributed by atoms with Gasteiger partial charge in [0.25, 0.3) is 0 Å². The zero-order valence-electron chi connectivity index (χ0n) is 5.14. The van der Waals surface area contributed by atoms with Crippen molar-refractivity contribution in [3.8, 4) is 0 Å². The minimum atomic E-state index is -1.12. The second-order valence-corrected chi connectivity index (χ2v) is 2.16. The molecule has 0 unspecified atom stereocenters. The number of nitrogens with zero attached hydrogens (tertiary/aromatic N) is 1. The molecule has 0 aliphatic rings. The first-order valence-corrected chi connectivity index (χ1v) is 3.01. The summed E-state index contributed by atoms with van der Waals surface area (Å²) in [5, 5.41) is 1.59. The van der Waals surface area contributed by atoms with E-state index in [1.165, 1.54) is 0 Å². The van der Waals surface area contributed by atoms with Crippen molar-refractivity contribution in [2.24, 2.45) is 5.18 Å². The molecule has 1 rings (SSSR count). The van der Waals surface area contributed by atoms with Crippen LogP contribution in [0.4, 0.5) is 14.5 Å². The summed E-state index contributed by atoms with van der Waals surface area (Å²) in [5.41, 5.74) is -0.489. The van der Waals surface area contributed by atoms with Gasteiger partial charge in [-0.3, -0.25) is 0 Å². The molecule has 11 heavy (non-hydrogen) atoms. The van der Waals surface area contributed by atoms with Gasteiger partial charge in [-0.2, -0.15) is 0 Å². The molecule has 0 aliphatic heterocycles. The smallest absolute Gasteiger partial charge is 0.173 e. The molecular formula is C6H2ClF2NO. The SMILES string of the molecule is O=Nc1ccc(F)c(Cl)c1F. The summed E-state index contributed by atoms with van der Waals surface area (Å²) < 4.78 is 25.0. The molecule has 1 aromatic carbocycles. The minimum Gasteiger partial charge on any atom is -0.205 e. The fourth-order valence-corrected chi connectivity index (χ4v) is 0.746. The molecule has 0 aromatic heterocycles. The molecule has 0 heterocycles. The Morgan fingerprint density at radius 3 is 2.55 bits per heavy atom. The number of hydrogen-bond acceptors (Lipinski definition) is 2. The molecular weight excluding hydrogens is 176 g/mol. The molecule has 0 N–H and O–H groups in total. The van der Waals surface area contributed by atoms with Gasteiger partial charge in [0.2, 0.25) is 0 Å². The summed E-state index contributed by atoms with van der Waals surface area (Å²) >= 11 is 5.11. The van der Waals surface area contributed by atoms with E-state index in [-0.39, 0.29) is 0 Å². The Bertz CT molecular complexity index is 303. The number of nitroso groups, excluding NO2 is 1. The van der Waals surface area contributed by atoms with E-state index in [1.54, 1.807) is 0 Å². The van der Waals surface area contributed by atoms with E-state index >= 15 is 0 Å². The van der Waals surface area contributed by atoms with Crippen LogP contribution in [0.3, 0.4) is 0 Å². The third-order valence-electron chi connectivity index (χ3n) is 1.11. The van der Waals surface area contributed by atoms with Gasteiger partial charge in [0.15, 0.2) is 5.82 Å². The number of benzene rings is 1. The van der Waals surface area contributed by atoms with Crippen molar-refractivity contribution in [3.05, 3.63) is 33.7 Å². The lowest BCUT2D eigenvalue weighted by molar-refractivity contribution is 0.585. The van der Waals surface area contributed by atoms with E-state index in [1.807, 2.05) is 0 Å². The molecule has 0 bridgehead atoms. The molecule has 0 saturated carbocycles. The molecule has 58 valence electrons. The molecule has 0 fully saturated rings. The van der Waals surface area contributed by atoms with Crippen LogP contribution in [0.25, 0.3) is 0 Å². The average Bonchev–Trinajstić information content (AvgIpc) is 2.01. The second kappa shape index (κ2) is 2.92. The fraction of sp³-hybridized carbons (Fsp3) is 0. The number of hydrogen-bond donors (Lipinski definition) is 0. The second-order valence-electron chi connectivity index (χ2n) is 1.79. The van der Waals surface area contributed by atoms with Gasteiger partial charge in [-0.1, -0.05) is 11.6 Å². The van der Waals surface area contributed by atoms with E-state index in [0.717, 1.165) is 12.1 Å². The highest BCUT2D eigenvalue weighted by Crippen LogP contribution is 2.26. The Morgan fingerprint density at radius 2 is 2.00 bits per heavy atom. The number of halogens is 3. The summed E-state index contributed by atoms with van der Waals surface area (Å²) in [7, 11) is 0. The molecule has 2 nitrogen and oxygen atoms in total. The van der Waals surface area contributed by atoms with Crippen LogP contribution in [-0.4, -0.2) is 0 Å². The van der Waals surface area contributed by atoms with E-state index < -0.39 is 22.3 Å². The van der Waals surface area contributed by atoms with Gasteiger partial charge in [0.05, 0.1) is 0 Å². The maximum atomic E-state index is 12.6. The molecule has 1 aromatic rings. The van der Waals surface area contributed by atoms with Crippen molar-refractivity contribution < 1.29 is 8.78 Å². The topological polar surface area (TPSA) is 29.4 Å². The van der Waals surface area contributed by atoms with E-state index in [4.69, 9.17) is 11.6 Å². The molecule has 0 radical (unpaired) electrons. The van der Waals surface area contributed by atoms with Crippen LogP contribution in [0.1, 0.15) is 0 Å². The highest BCUT2D eigenvalue weighted by molar-refractivity contribution is 6.31. The summed E-state index contributed by atoms with van der Waals surface area (Å²) in [4.78, 5) is 9.82. The van der Waals surface area contributed by atoms with E-state index in [2.05, 4.69) is 5.18 Å². The van der Waals surface area contributed by atoms with Gasteiger partial charge in [-0.15, -0.1) is 4.91 Å². The molecule has 0 atom stereocenters. The van der Waals surface area contributed by atoms with Crippen LogP contribution in [0.5, 0.6) is 0 Å². The van der Waals surface area contributed by atoms with Crippen molar-refractivity contribution in [2.45, 2.75) is 0 Å². The summed E-state index contributed by atoms with van der Waals surface area (Å²) in [5.74, 6) is -2.03. The van der Waals surface area contributed by atoms with Gasteiger partial charge in [-0.25, -0.2) is 8.78 Å². The monoisotopic (exact) mass is 177 g/mol. The Kier molecular flexibility index (Phi) is 2.14. The third kappa shape index (κ3) is 1.35. The van der Waals surface area contributed by atoms with Crippen molar-refractivity contribution in [3.63, 3.8) is 0 Å². The van der Waals surface area contributed by atoms with Crippen molar-refractivity contribution in [1.82, 2.24) is 0 Å². The minimum absolute atomic E-state index is 0.489. The quantitative estimate of drug-likeness (QED) is 0.479. The van der Waals surface area contributed by atoms with E-state index in [0.29, 0.717) is 0 Å². The predicted molar refractivity (Wildman–Crippen MR) is 36.8 cm³/mol. The third-order valence-corrected chi connectivity index (χ3v) is 1.46. The lowest BCUT2D eigenvalue weighted by Crippen LogP contribution is -1.82. The fourth-order valence-electron chi connectivity index (χ4n) is 0.586. The zero-order valence-corrected chi connectivity index (χ0v) is 5.90. The Hall–Kier alpha value is -1.03. The molecule has 0 amide bonds. The normalized spacial score (nSPS) is 9.73. The standard InChI is InChI=1S/C6H2ClF2NO/c7-5-3(8)1-2-4(10-11)6(5)9/h1-2H. The summed E-state index contributed by atoms with van der Waals surface area (Å²) in [6, 6.07) is 1.80. The first-order valence-electron chi connectivity index (χ1n) is 2.63. The summed E-state index contributed by atoms with van der Waals surface area (Å²) in [6.07, 6.45) is 0. The van der Waals surface area contributed by atoms with Crippen LogP contribution >= 0.6 is 11.6 Å². The Labute approximate surface area is 65.8 Å². The lowest BCUT2D eigenvalue weighted by Gasteiger charge is -1.95. The largest absolute Gasteiger partial charge is 0.205 e. The highest BCUT2D eigenvalue weighted by Gasteiger charge is 2.11. The maximum absolute atomic E-state index is 12.6. The maximum Gasteiger partial charge on any atom is 0.173 e. The van der Waals surface area contributed by atoms with Crippen molar-refractivity contribution in [2.75, 3.05) is 0 Å². The molecule has 0 aliphatic carbocycles. The van der Waals surface area contributed by atoms with Crippen molar-refractivity contribution in [1.29, 1.82) is 0 Å². The highest BCUT2D eigenvalue weighted by atomic mass is 35.5. The summed E-state index contributed by atoms with van der Waals surface area (Å²) in [6.45, 7) is 0. The lowest BCUT2D eigenvalue weighted by atomic mass is 10.3. The van der Waals surface area contributed by atoms with Gasteiger partial charge in [0, 0.05) is 0 Å². The van der Waals surface area contributed by atoms with Gasteiger partial charge >= 0.3 is 0 Å². The average molecular weight is 178 g/mol. The van der Waals surface area contributed by atoms with Gasteiger partial charge in [0.1, 0.15) is 16.5 Å². The Balaban J connectivity index is 3.36. The zero-order chi connectivity index (χ0) is 8.43. The molecule has 0 spiro atoms. The van der Waals surface area contributed by atoms with Crippen LogP contribution < -0.4 is 0 Å². The van der Waals surface area contributed by atoms with Gasteiger partial charge in [-0.05, 0) is 17.3 Å². The Morgan fingerprint density at radius 1 is 1.36 bits per heavy atom. The van der Waals surface area contributed by atoms with Gasteiger partial charge < -0.3 is 0 Å². The molecule has 5 heteroatoms. The van der Waals surface area contributed by atoms with Crippen LogP contribution in [-0.2, 0) is 0 Å². The van der Waals surface area contributed by atoms with Crippen LogP contribution in [0.2, 0.25) is 5.02 Å².